The predicted molar refractivity (Wildman–Crippen MR) is 73.2 cm³/mol. The second kappa shape index (κ2) is 7.27. The summed E-state index contributed by atoms with van der Waals surface area (Å²) in [6, 6.07) is -0.0324. The molecule has 1 fully saturated rings. The first kappa shape index (κ1) is 14.8. The smallest absolute Gasteiger partial charge is 0.233 e. The van der Waals surface area contributed by atoms with E-state index in [-0.39, 0.29) is 23.3 Å². The number of hydrogen-bond acceptors (Lipinski definition) is 3. The lowest BCUT2D eigenvalue weighted by atomic mass is 9.92. The molecule has 0 radical (unpaired) electrons. The van der Waals surface area contributed by atoms with Gasteiger partial charge in [-0.3, -0.25) is 4.79 Å². The quantitative estimate of drug-likeness (QED) is 0.795. The minimum Gasteiger partial charge on any atom is -0.391 e. The van der Waals surface area contributed by atoms with Gasteiger partial charge in [0, 0.05) is 0 Å². The third-order valence-electron chi connectivity index (χ3n) is 3.27. The van der Waals surface area contributed by atoms with E-state index >= 15 is 0 Å². The van der Waals surface area contributed by atoms with Gasteiger partial charge in [-0.1, -0.05) is 33.6 Å². The third kappa shape index (κ3) is 4.51. The summed E-state index contributed by atoms with van der Waals surface area (Å²) in [5.74, 6) is 1.38. The van der Waals surface area contributed by atoms with Gasteiger partial charge >= 0.3 is 0 Å². The number of carbonyl (C=O) groups is 1. The van der Waals surface area contributed by atoms with E-state index in [2.05, 4.69) is 26.1 Å². The predicted octanol–water partition coefficient (Wildman–Crippen LogP) is 2.18. The van der Waals surface area contributed by atoms with Gasteiger partial charge in [-0.15, -0.1) is 11.8 Å². The molecular formula is C13H25NO2S. The number of aliphatic hydroxyl groups excluding tert-OH is 1. The highest BCUT2D eigenvalue weighted by Crippen LogP contribution is 2.22. The fourth-order valence-corrected chi connectivity index (χ4v) is 3.26. The van der Waals surface area contributed by atoms with Crippen molar-refractivity contribution in [3.63, 3.8) is 0 Å². The van der Waals surface area contributed by atoms with Crippen molar-refractivity contribution in [3.8, 4) is 0 Å². The van der Waals surface area contributed by atoms with Crippen molar-refractivity contribution in [3.05, 3.63) is 0 Å². The second-order valence-electron chi connectivity index (χ2n) is 5.09. The molecule has 0 bridgehead atoms. The Labute approximate surface area is 109 Å². The fourth-order valence-electron chi connectivity index (χ4n) is 2.29. The number of rotatable bonds is 5. The fraction of sp³-hybridized carbons (Fsp3) is 0.923. The average molecular weight is 259 g/mol. The maximum Gasteiger partial charge on any atom is 0.233 e. The molecule has 1 aliphatic rings. The Morgan fingerprint density at radius 3 is 2.59 bits per heavy atom. The first-order chi connectivity index (χ1) is 8.06. The molecule has 4 heteroatoms. The minimum atomic E-state index is -0.355. The van der Waals surface area contributed by atoms with E-state index in [1.165, 1.54) is 0 Å². The van der Waals surface area contributed by atoms with E-state index in [0.29, 0.717) is 5.92 Å². The highest BCUT2D eigenvalue weighted by molar-refractivity contribution is 8.00. The third-order valence-corrected chi connectivity index (χ3v) is 4.72. The number of aliphatic hydroxyl groups is 1. The minimum absolute atomic E-state index is 0.00845. The number of thioether (sulfide) groups is 1. The Kier molecular flexibility index (Phi) is 6.34. The first-order valence-corrected chi connectivity index (χ1v) is 7.71. The highest BCUT2D eigenvalue weighted by atomic mass is 32.2. The van der Waals surface area contributed by atoms with E-state index in [4.69, 9.17) is 0 Å². The number of nitrogens with one attached hydrogen (secondary N) is 1. The molecule has 0 saturated heterocycles. The Balaban J connectivity index is 2.50. The van der Waals surface area contributed by atoms with Crippen LogP contribution in [0.1, 0.15) is 46.5 Å². The van der Waals surface area contributed by atoms with E-state index < -0.39 is 0 Å². The lowest BCUT2D eigenvalue weighted by Gasteiger charge is -2.30. The van der Waals surface area contributed by atoms with E-state index in [1.54, 1.807) is 11.8 Å². The lowest BCUT2D eigenvalue weighted by molar-refractivity contribution is -0.123. The second-order valence-corrected chi connectivity index (χ2v) is 6.51. The van der Waals surface area contributed by atoms with Gasteiger partial charge < -0.3 is 10.4 Å². The van der Waals surface area contributed by atoms with E-state index in [1.807, 2.05) is 0 Å². The molecule has 1 aliphatic carbocycles. The summed E-state index contributed by atoms with van der Waals surface area (Å²) in [5, 5.41) is 12.9. The number of hydrogen-bond donors (Lipinski definition) is 2. The van der Waals surface area contributed by atoms with Gasteiger partial charge in [-0.25, -0.2) is 0 Å². The lowest BCUT2D eigenvalue weighted by Crippen LogP contribution is -2.48. The first-order valence-electron chi connectivity index (χ1n) is 6.66. The van der Waals surface area contributed by atoms with Crippen molar-refractivity contribution in [1.82, 2.24) is 5.32 Å². The summed E-state index contributed by atoms with van der Waals surface area (Å²) in [6.07, 6.45) is 3.56. The SMILES string of the molecule is CCSC(C(=O)NC1CCCCC1O)C(C)C. The molecule has 0 aromatic rings. The van der Waals surface area contributed by atoms with Crippen LogP contribution in [0.25, 0.3) is 0 Å². The maximum atomic E-state index is 12.1. The van der Waals surface area contributed by atoms with E-state index in [9.17, 15) is 9.90 Å². The molecule has 3 unspecified atom stereocenters. The molecule has 1 saturated carbocycles. The molecule has 0 aromatic heterocycles. The van der Waals surface area contributed by atoms with Crippen molar-refractivity contribution < 1.29 is 9.90 Å². The van der Waals surface area contributed by atoms with Crippen molar-refractivity contribution in [1.29, 1.82) is 0 Å². The average Bonchev–Trinajstić information content (AvgIpc) is 2.28. The van der Waals surface area contributed by atoms with Crippen LogP contribution in [0.2, 0.25) is 0 Å². The van der Waals surface area contributed by atoms with Crippen LogP contribution in [0.4, 0.5) is 0 Å². The molecule has 17 heavy (non-hydrogen) atoms. The van der Waals surface area contributed by atoms with Crippen LogP contribution in [0, 0.1) is 5.92 Å². The Morgan fingerprint density at radius 2 is 2.06 bits per heavy atom. The van der Waals surface area contributed by atoms with Crippen LogP contribution in [0.5, 0.6) is 0 Å². The Morgan fingerprint density at radius 1 is 1.41 bits per heavy atom. The molecule has 0 aromatic carbocycles. The van der Waals surface area contributed by atoms with Crippen molar-refractivity contribution in [2.45, 2.75) is 63.9 Å². The number of amides is 1. The van der Waals surface area contributed by atoms with Crippen LogP contribution < -0.4 is 5.32 Å². The largest absolute Gasteiger partial charge is 0.391 e. The van der Waals surface area contributed by atoms with Crippen LogP contribution in [-0.4, -0.2) is 34.2 Å². The summed E-state index contributed by atoms with van der Waals surface area (Å²) in [4.78, 5) is 12.1. The van der Waals surface area contributed by atoms with Crippen molar-refractivity contribution >= 4 is 17.7 Å². The Hall–Kier alpha value is -0.220. The summed E-state index contributed by atoms with van der Waals surface area (Å²) < 4.78 is 0. The zero-order chi connectivity index (χ0) is 12.8. The highest BCUT2D eigenvalue weighted by Gasteiger charge is 2.28. The van der Waals surface area contributed by atoms with Crippen LogP contribution >= 0.6 is 11.8 Å². The summed E-state index contributed by atoms with van der Waals surface area (Å²) in [7, 11) is 0. The van der Waals surface area contributed by atoms with Gasteiger partial charge in [-0.2, -0.15) is 0 Å². The topological polar surface area (TPSA) is 49.3 Å². The van der Waals surface area contributed by atoms with Gasteiger partial charge in [0.2, 0.25) is 5.91 Å². The van der Waals surface area contributed by atoms with Gasteiger partial charge in [-0.05, 0) is 24.5 Å². The molecule has 0 aliphatic heterocycles. The standard InChI is InChI=1S/C13H25NO2S/c1-4-17-12(9(2)3)13(16)14-10-7-5-6-8-11(10)15/h9-12,15H,4-8H2,1-3H3,(H,14,16). The maximum absolute atomic E-state index is 12.1. The van der Waals surface area contributed by atoms with Gasteiger partial charge in [0.1, 0.15) is 0 Å². The summed E-state index contributed by atoms with van der Waals surface area (Å²) in [5.41, 5.74) is 0. The molecule has 1 rings (SSSR count). The number of carbonyl (C=O) groups excluding carboxylic acids is 1. The molecule has 1 amide bonds. The zero-order valence-corrected chi connectivity index (χ0v) is 11.9. The van der Waals surface area contributed by atoms with Crippen LogP contribution in [0.15, 0.2) is 0 Å². The molecular weight excluding hydrogens is 234 g/mol. The molecule has 0 spiro atoms. The molecule has 3 nitrogen and oxygen atoms in total. The van der Waals surface area contributed by atoms with E-state index in [0.717, 1.165) is 31.4 Å². The molecule has 2 N–H and O–H groups in total. The van der Waals surface area contributed by atoms with Gasteiger partial charge in [0.15, 0.2) is 0 Å². The zero-order valence-electron chi connectivity index (χ0n) is 11.1. The normalized spacial score (nSPS) is 26.9. The van der Waals surface area contributed by atoms with Crippen molar-refractivity contribution in [2.24, 2.45) is 5.92 Å². The summed E-state index contributed by atoms with van der Waals surface area (Å²) >= 11 is 1.69. The molecule has 0 heterocycles. The Bertz CT molecular complexity index is 246. The summed E-state index contributed by atoms with van der Waals surface area (Å²) in [6.45, 7) is 6.22. The van der Waals surface area contributed by atoms with Crippen LogP contribution in [0.3, 0.4) is 0 Å². The molecule has 3 atom stereocenters. The molecule has 100 valence electrons. The van der Waals surface area contributed by atoms with Crippen LogP contribution in [-0.2, 0) is 4.79 Å². The monoisotopic (exact) mass is 259 g/mol. The van der Waals surface area contributed by atoms with Gasteiger partial charge in [0.25, 0.3) is 0 Å². The van der Waals surface area contributed by atoms with Crippen molar-refractivity contribution in [2.75, 3.05) is 5.75 Å². The van der Waals surface area contributed by atoms with Gasteiger partial charge in [0.05, 0.1) is 17.4 Å².